The van der Waals surface area contributed by atoms with Crippen molar-refractivity contribution in [1.29, 1.82) is 0 Å². The second-order valence-corrected chi connectivity index (χ2v) is 6.66. The maximum Gasteiger partial charge on any atom is 0.260 e. The molecule has 1 saturated heterocycles. The minimum absolute atomic E-state index is 0.0556. The van der Waals surface area contributed by atoms with Gasteiger partial charge in [0, 0.05) is 44.0 Å². The second-order valence-electron chi connectivity index (χ2n) is 6.66. The molecule has 0 saturated carbocycles. The summed E-state index contributed by atoms with van der Waals surface area (Å²) in [6.07, 6.45) is 1.88. The number of benzene rings is 1. The van der Waals surface area contributed by atoms with Gasteiger partial charge in [-0.05, 0) is 38.0 Å². The molecule has 1 aliphatic heterocycles. The largest absolute Gasteiger partial charge is 0.483 e. The average molecular weight is 342 g/mol. The number of aryl methyl sites for hydroxylation is 2. The summed E-state index contributed by atoms with van der Waals surface area (Å²) in [5.74, 6) is 0.850. The molecule has 0 atom stereocenters. The number of carbonyl (C=O) groups is 1. The Hall–Kier alpha value is -2.34. The van der Waals surface area contributed by atoms with Crippen LogP contribution in [-0.4, -0.2) is 58.7 Å². The third kappa shape index (κ3) is 4.20. The highest BCUT2D eigenvalue weighted by molar-refractivity contribution is 5.78. The van der Waals surface area contributed by atoms with Crippen LogP contribution in [0, 0.1) is 20.8 Å². The molecule has 1 aromatic carbocycles. The number of carbonyl (C=O) groups excluding carboxylic acids is 1. The van der Waals surface area contributed by atoms with Crippen LogP contribution in [0.1, 0.15) is 22.4 Å². The van der Waals surface area contributed by atoms with Crippen molar-refractivity contribution in [3.8, 4) is 5.75 Å². The average Bonchev–Trinajstić information content (AvgIpc) is 3.01. The molecule has 2 aromatic rings. The molecule has 0 aliphatic carbocycles. The molecule has 6 nitrogen and oxygen atoms in total. The van der Waals surface area contributed by atoms with Crippen LogP contribution in [0.4, 0.5) is 0 Å². The van der Waals surface area contributed by atoms with Crippen molar-refractivity contribution in [1.82, 2.24) is 20.0 Å². The van der Waals surface area contributed by atoms with Gasteiger partial charge < -0.3 is 9.64 Å². The molecule has 0 spiro atoms. The Morgan fingerprint density at radius 1 is 1.20 bits per heavy atom. The standard InChI is InChI=1S/C19H26N4O2/c1-14-5-4-6-18(15(14)2)25-13-19(24)23-9-7-22(8-10-23)12-17-11-20-21-16(17)3/h4-6,11H,7-10,12-13H2,1-3H3,(H,20,21). The van der Waals surface area contributed by atoms with Gasteiger partial charge in [-0.3, -0.25) is 14.8 Å². The first-order chi connectivity index (χ1) is 12.0. The zero-order chi connectivity index (χ0) is 17.8. The van der Waals surface area contributed by atoms with Crippen LogP contribution in [0.5, 0.6) is 5.75 Å². The number of piperazine rings is 1. The number of nitrogens with one attached hydrogen (secondary N) is 1. The summed E-state index contributed by atoms with van der Waals surface area (Å²) in [7, 11) is 0. The summed E-state index contributed by atoms with van der Waals surface area (Å²) in [5.41, 5.74) is 4.60. The van der Waals surface area contributed by atoms with Crippen molar-refractivity contribution >= 4 is 5.91 Å². The van der Waals surface area contributed by atoms with Crippen LogP contribution in [0.3, 0.4) is 0 Å². The van der Waals surface area contributed by atoms with E-state index in [1.807, 2.05) is 50.1 Å². The molecule has 1 amide bonds. The highest BCUT2D eigenvalue weighted by Crippen LogP contribution is 2.20. The summed E-state index contributed by atoms with van der Waals surface area (Å²) in [5, 5.41) is 7.03. The maximum absolute atomic E-state index is 12.4. The zero-order valence-electron chi connectivity index (χ0n) is 15.2. The Morgan fingerprint density at radius 2 is 1.96 bits per heavy atom. The lowest BCUT2D eigenvalue weighted by molar-refractivity contribution is -0.135. The molecule has 0 bridgehead atoms. The predicted octanol–water partition coefficient (Wildman–Crippen LogP) is 2.06. The van der Waals surface area contributed by atoms with Crippen LogP contribution in [0.2, 0.25) is 0 Å². The maximum atomic E-state index is 12.4. The number of hydrogen-bond donors (Lipinski definition) is 1. The van der Waals surface area contributed by atoms with Gasteiger partial charge in [-0.15, -0.1) is 0 Å². The lowest BCUT2D eigenvalue weighted by Gasteiger charge is -2.34. The van der Waals surface area contributed by atoms with E-state index in [2.05, 4.69) is 15.1 Å². The first-order valence-electron chi connectivity index (χ1n) is 8.72. The van der Waals surface area contributed by atoms with Gasteiger partial charge in [0.25, 0.3) is 5.91 Å². The minimum atomic E-state index is 0.0556. The van der Waals surface area contributed by atoms with E-state index in [1.54, 1.807) is 0 Å². The van der Waals surface area contributed by atoms with Gasteiger partial charge in [-0.2, -0.15) is 5.10 Å². The molecule has 25 heavy (non-hydrogen) atoms. The lowest BCUT2D eigenvalue weighted by Crippen LogP contribution is -2.49. The van der Waals surface area contributed by atoms with Gasteiger partial charge >= 0.3 is 0 Å². The quantitative estimate of drug-likeness (QED) is 0.903. The fourth-order valence-electron chi connectivity index (χ4n) is 3.04. The van der Waals surface area contributed by atoms with Crippen molar-refractivity contribution in [3.05, 3.63) is 46.8 Å². The van der Waals surface area contributed by atoms with E-state index >= 15 is 0 Å². The van der Waals surface area contributed by atoms with Gasteiger partial charge in [0.2, 0.25) is 0 Å². The van der Waals surface area contributed by atoms with Crippen LogP contribution in [0.15, 0.2) is 24.4 Å². The van der Waals surface area contributed by atoms with Gasteiger partial charge in [0.05, 0.1) is 6.20 Å². The number of amides is 1. The summed E-state index contributed by atoms with van der Waals surface area (Å²) in [4.78, 5) is 16.7. The molecule has 1 aliphatic rings. The van der Waals surface area contributed by atoms with E-state index in [9.17, 15) is 4.79 Å². The number of ether oxygens (including phenoxy) is 1. The minimum Gasteiger partial charge on any atom is -0.483 e. The molecule has 0 unspecified atom stereocenters. The second kappa shape index (κ2) is 7.70. The topological polar surface area (TPSA) is 61.5 Å². The van der Waals surface area contributed by atoms with Crippen molar-refractivity contribution in [2.45, 2.75) is 27.3 Å². The number of aromatic amines is 1. The molecule has 3 rings (SSSR count). The first kappa shape index (κ1) is 17.5. The predicted molar refractivity (Wildman–Crippen MR) is 96.6 cm³/mol. The normalized spacial score (nSPS) is 15.4. The molecule has 1 aromatic heterocycles. The highest BCUT2D eigenvalue weighted by atomic mass is 16.5. The summed E-state index contributed by atoms with van der Waals surface area (Å²) in [6, 6.07) is 5.92. The van der Waals surface area contributed by atoms with Crippen molar-refractivity contribution in [2.75, 3.05) is 32.8 Å². The molecule has 2 heterocycles. The van der Waals surface area contributed by atoms with Crippen molar-refractivity contribution in [3.63, 3.8) is 0 Å². The van der Waals surface area contributed by atoms with Crippen LogP contribution in [-0.2, 0) is 11.3 Å². The monoisotopic (exact) mass is 342 g/mol. The third-order valence-corrected chi connectivity index (χ3v) is 4.96. The van der Waals surface area contributed by atoms with E-state index in [4.69, 9.17) is 4.74 Å². The van der Waals surface area contributed by atoms with Gasteiger partial charge in [-0.1, -0.05) is 12.1 Å². The Kier molecular flexibility index (Phi) is 5.38. The molecular formula is C19H26N4O2. The summed E-state index contributed by atoms with van der Waals surface area (Å²) in [6.45, 7) is 10.3. The van der Waals surface area contributed by atoms with E-state index in [0.29, 0.717) is 0 Å². The Labute approximate surface area is 148 Å². The van der Waals surface area contributed by atoms with Crippen molar-refractivity contribution in [2.24, 2.45) is 0 Å². The Balaban J connectivity index is 1.47. The van der Waals surface area contributed by atoms with Crippen molar-refractivity contribution < 1.29 is 9.53 Å². The van der Waals surface area contributed by atoms with Gasteiger partial charge in [0.1, 0.15) is 5.75 Å². The smallest absolute Gasteiger partial charge is 0.260 e. The van der Waals surface area contributed by atoms with E-state index in [1.165, 1.54) is 11.1 Å². The number of aromatic nitrogens is 2. The first-order valence-corrected chi connectivity index (χ1v) is 8.72. The fraction of sp³-hybridized carbons (Fsp3) is 0.474. The van der Waals surface area contributed by atoms with Crippen LogP contribution in [0.25, 0.3) is 0 Å². The number of rotatable bonds is 5. The highest BCUT2D eigenvalue weighted by Gasteiger charge is 2.22. The molecule has 134 valence electrons. The molecule has 1 N–H and O–H groups in total. The van der Waals surface area contributed by atoms with Crippen LogP contribution >= 0.6 is 0 Å². The Bertz CT molecular complexity index is 733. The summed E-state index contributed by atoms with van der Waals surface area (Å²) < 4.78 is 5.74. The number of nitrogens with zero attached hydrogens (tertiary/aromatic N) is 3. The van der Waals surface area contributed by atoms with Gasteiger partial charge in [-0.25, -0.2) is 0 Å². The molecular weight excluding hydrogens is 316 g/mol. The third-order valence-electron chi connectivity index (χ3n) is 4.96. The van der Waals surface area contributed by atoms with E-state index < -0.39 is 0 Å². The molecule has 6 heteroatoms. The SMILES string of the molecule is Cc1cccc(OCC(=O)N2CCN(Cc3cn[nH]c3C)CC2)c1C. The molecule has 1 fully saturated rings. The molecule has 0 radical (unpaired) electrons. The fourth-order valence-corrected chi connectivity index (χ4v) is 3.04. The summed E-state index contributed by atoms with van der Waals surface area (Å²) >= 11 is 0. The van der Waals surface area contributed by atoms with Gasteiger partial charge in [0.15, 0.2) is 6.61 Å². The van der Waals surface area contributed by atoms with E-state index in [0.717, 1.165) is 49.7 Å². The number of H-pyrrole nitrogens is 1. The van der Waals surface area contributed by atoms with E-state index in [-0.39, 0.29) is 12.5 Å². The zero-order valence-corrected chi connectivity index (χ0v) is 15.2. The number of hydrogen-bond acceptors (Lipinski definition) is 4. The lowest BCUT2D eigenvalue weighted by atomic mass is 10.1. The van der Waals surface area contributed by atoms with Crippen LogP contribution < -0.4 is 4.74 Å². The Morgan fingerprint density at radius 3 is 2.64 bits per heavy atom.